The fourth-order valence-corrected chi connectivity index (χ4v) is 2.27. The van der Waals surface area contributed by atoms with Crippen LogP contribution in [-0.4, -0.2) is 23.3 Å². The van der Waals surface area contributed by atoms with Gasteiger partial charge in [0.25, 0.3) is 0 Å². The van der Waals surface area contributed by atoms with Crippen molar-refractivity contribution in [1.82, 2.24) is 10.2 Å². The van der Waals surface area contributed by atoms with Crippen LogP contribution in [0.5, 0.6) is 0 Å². The second-order valence-corrected chi connectivity index (χ2v) is 6.52. The molecule has 2 aromatic rings. The standard InChI is InChI=1S/C10H10BrN3O3S/c1-7-12-13-10(17-7)8-4-2-3-5-9(8)14-18(15,16)6-11/h2-5,14H,6H2,1H3. The van der Waals surface area contributed by atoms with Crippen molar-refractivity contribution in [2.24, 2.45) is 0 Å². The summed E-state index contributed by atoms with van der Waals surface area (Å²) in [5.74, 6) is 0.698. The van der Waals surface area contributed by atoms with Crippen molar-refractivity contribution in [3.05, 3.63) is 30.2 Å². The van der Waals surface area contributed by atoms with E-state index in [0.717, 1.165) is 0 Å². The summed E-state index contributed by atoms with van der Waals surface area (Å²) in [4.78, 5) is 0. The zero-order valence-electron chi connectivity index (χ0n) is 9.42. The molecule has 18 heavy (non-hydrogen) atoms. The predicted molar refractivity (Wildman–Crippen MR) is 70.8 cm³/mol. The van der Waals surface area contributed by atoms with Gasteiger partial charge in [0, 0.05) is 6.92 Å². The van der Waals surface area contributed by atoms with Gasteiger partial charge in [-0.25, -0.2) is 8.42 Å². The number of hydrogen-bond donors (Lipinski definition) is 1. The highest BCUT2D eigenvalue weighted by Gasteiger charge is 2.15. The largest absolute Gasteiger partial charge is 0.421 e. The summed E-state index contributed by atoms with van der Waals surface area (Å²) in [6, 6.07) is 6.83. The molecule has 1 heterocycles. The second-order valence-electron chi connectivity index (χ2n) is 3.50. The number of aromatic nitrogens is 2. The molecule has 1 N–H and O–H groups in total. The van der Waals surface area contributed by atoms with E-state index in [1.807, 2.05) is 0 Å². The molecule has 6 nitrogen and oxygen atoms in total. The van der Waals surface area contributed by atoms with Gasteiger partial charge in [-0.3, -0.25) is 4.72 Å². The lowest BCUT2D eigenvalue weighted by Gasteiger charge is -2.08. The zero-order valence-corrected chi connectivity index (χ0v) is 11.8. The highest BCUT2D eigenvalue weighted by Crippen LogP contribution is 2.27. The van der Waals surface area contributed by atoms with Crippen molar-refractivity contribution in [1.29, 1.82) is 0 Å². The topological polar surface area (TPSA) is 85.1 Å². The van der Waals surface area contributed by atoms with Crippen LogP contribution in [0.2, 0.25) is 0 Å². The van der Waals surface area contributed by atoms with Gasteiger partial charge < -0.3 is 4.42 Å². The highest BCUT2D eigenvalue weighted by atomic mass is 79.9. The van der Waals surface area contributed by atoms with Crippen LogP contribution >= 0.6 is 15.9 Å². The van der Waals surface area contributed by atoms with E-state index in [1.165, 1.54) is 0 Å². The molecule has 0 saturated carbocycles. The quantitative estimate of drug-likeness (QED) is 0.867. The Bertz CT molecular complexity index is 654. The Hall–Kier alpha value is -1.41. The molecule has 0 aliphatic carbocycles. The Kier molecular flexibility index (Phi) is 3.67. The fourth-order valence-electron chi connectivity index (χ4n) is 1.36. The summed E-state index contributed by atoms with van der Waals surface area (Å²) < 4.78 is 30.6. The van der Waals surface area contributed by atoms with Gasteiger partial charge in [-0.2, -0.15) is 0 Å². The third-order valence-electron chi connectivity index (χ3n) is 2.09. The molecule has 0 radical (unpaired) electrons. The molecule has 0 bridgehead atoms. The number of aryl methyl sites for hydroxylation is 1. The molecular formula is C10H10BrN3O3S. The summed E-state index contributed by atoms with van der Waals surface area (Å²) in [5.41, 5.74) is 0.947. The van der Waals surface area contributed by atoms with Gasteiger partial charge >= 0.3 is 0 Å². The lowest BCUT2D eigenvalue weighted by atomic mass is 10.2. The molecular weight excluding hydrogens is 322 g/mol. The number of anilines is 1. The van der Waals surface area contributed by atoms with Crippen molar-refractivity contribution in [3.63, 3.8) is 0 Å². The molecule has 0 aliphatic rings. The van der Waals surface area contributed by atoms with Gasteiger partial charge in [0.1, 0.15) is 4.66 Å². The summed E-state index contributed by atoms with van der Waals surface area (Å²) >= 11 is 2.91. The second kappa shape index (κ2) is 5.07. The molecule has 0 unspecified atom stereocenters. The zero-order chi connectivity index (χ0) is 13.2. The number of alkyl halides is 1. The van der Waals surface area contributed by atoms with E-state index in [4.69, 9.17) is 4.42 Å². The van der Waals surface area contributed by atoms with Crippen LogP contribution < -0.4 is 4.72 Å². The lowest BCUT2D eigenvalue weighted by Crippen LogP contribution is -2.13. The van der Waals surface area contributed by atoms with Crippen molar-refractivity contribution < 1.29 is 12.8 Å². The number of benzene rings is 1. The Morgan fingerprint density at radius 3 is 2.67 bits per heavy atom. The van der Waals surface area contributed by atoms with Crippen LogP contribution in [0.25, 0.3) is 11.5 Å². The maximum Gasteiger partial charge on any atom is 0.249 e. The molecule has 8 heteroatoms. The number of halogens is 1. The van der Waals surface area contributed by atoms with Crippen LogP contribution in [0.15, 0.2) is 28.7 Å². The molecule has 1 aromatic heterocycles. The molecule has 1 aromatic carbocycles. The van der Waals surface area contributed by atoms with Gasteiger partial charge in [-0.15, -0.1) is 10.2 Å². The minimum absolute atomic E-state index is 0.183. The molecule has 0 atom stereocenters. The van der Waals surface area contributed by atoms with E-state index in [1.54, 1.807) is 31.2 Å². The van der Waals surface area contributed by atoms with Gasteiger partial charge in [-0.05, 0) is 12.1 Å². The van der Waals surface area contributed by atoms with Crippen molar-refractivity contribution in [2.45, 2.75) is 6.92 Å². The van der Waals surface area contributed by atoms with Gasteiger partial charge in [-0.1, -0.05) is 28.1 Å². The van der Waals surface area contributed by atoms with E-state index in [-0.39, 0.29) is 10.6 Å². The molecule has 0 aliphatic heterocycles. The maximum atomic E-state index is 11.5. The summed E-state index contributed by atoms with van der Waals surface area (Å²) in [5, 5.41) is 7.59. The third kappa shape index (κ3) is 2.88. The summed E-state index contributed by atoms with van der Waals surface area (Å²) in [6.07, 6.45) is 0. The molecule has 0 amide bonds. The first-order chi connectivity index (χ1) is 8.52. The Labute approximate surface area is 113 Å². The van der Waals surface area contributed by atoms with Gasteiger partial charge in [0.15, 0.2) is 0 Å². The first kappa shape index (κ1) is 13.0. The normalized spacial score (nSPS) is 11.4. The Morgan fingerprint density at radius 1 is 1.33 bits per heavy atom. The summed E-state index contributed by atoms with van der Waals surface area (Å²) in [7, 11) is -3.42. The van der Waals surface area contributed by atoms with E-state index in [2.05, 4.69) is 30.8 Å². The van der Waals surface area contributed by atoms with E-state index >= 15 is 0 Å². The first-order valence-corrected chi connectivity index (χ1v) is 7.75. The molecule has 0 saturated heterocycles. The molecule has 0 fully saturated rings. The first-order valence-electron chi connectivity index (χ1n) is 4.98. The highest BCUT2D eigenvalue weighted by molar-refractivity contribution is 9.10. The average molecular weight is 332 g/mol. The number of hydrogen-bond acceptors (Lipinski definition) is 5. The molecule has 2 rings (SSSR count). The van der Waals surface area contributed by atoms with Gasteiger partial charge in [0.2, 0.25) is 21.8 Å². The van der Waals surface area contributed by atoms with Crippen LogP contribution in [0.4, 0.5) is 5.69 Å². The Morgan fingerprint density at radius 2 is 2.06 bits per heavy atom. The van der Waals surface area contributed by atoms with Crippen molar-refractivity contribution in [2.75, 3.05) is 9.38 Å². The van der Waals surface area contributed by atoms with Crippen LogP contribution in [0.3, 0.4) is 0 Å². The fraction of sp³-hybridized carbons (Fsp3) is 0.200. The van der Waals surface area contributed by atoms with Crippen LogP contribution in [0, 0.1) is 6.92 Å². The monoisotopic (exact) mass is 331 g/mol. The smallest absolute Gasteiger partial charge is 0.249 e. The van der Waals surface area contributed by atoms with Crippen molar-refractivity contribution >= 4 is 31.6 Å². The Balaban J connectivity index is 2.44. The number of rotatable bonds is 4. The van der Waals surface area contributed by atoms with Crippen LogP contribution in [-0.2, 0) is 10.0 Å². The lowest BCUT2D eigenvalue weighted by molar-refractivity contribution is 0.533. The average Bonchev–Trinajstić information content (AvgIpc) is 2.76. The molecule has 96 valence electrons. The minimum atomic E-state index is -3.42. The summed E-state index contributed by atoms with van der Waals surface area (Å²) in [6.45, 7) is 1.67. The van der Waals surface area contributed by atoms with E-state index in [0.29, 0.717) is 17.1 Å². The number of sulfonamides is 1. The number of para-hydroxylation sites is 1. The van der Waals surface area contributed by atoms with Crippen LogP contribution in [0.1, 0.15) is 5.89 Å². The third-order valence-corrected chi connectivity index (χ3v) is 4.72. The predicted octanol–water partition coefficient (Wildman–Crippen LogP) is 2.14. The van der Waals surface area contributed by atoms with Gasteiger partial charge in [0.05, 0.1) is 11.3 Å². The van der Waals surface area contributed by atoms with Crippen molar-refractivity contribution in [3.8, 4) is 11.5 Å². The minimum Gasteiger partial charge on any atom is -0.421 e. The van der Waals surface area contributed by atoms with E-state index < -0.39 is 10.0 Å². The SMILES string of the molecule is Cc1nnc(-c2ccccc2NS(=O)(=O)CBr)o1. The molecule has 0 spiro atoms. The maximum absolute atomic E-state index is 11.5. The number of nitrogens with zero attached hydrogens (tertiary/aromatic N) is 2. The van der Waals surface area contributed by atoms with E-state index in [9.17, 15) is 8.42 Å². The number of nitrogens with one attached hydrogen (secondary N) is 1.